The van der Waals surface area contributed by atoms with Gasteiger partial charge < -0.3 is 14.8 Å². The van der Waals surface area contributed by atoms with E-state index in [1.807, 2.05) is 0 Å². The highest BCUT2D eigenvalue weighted by atomic mass is 19.1. The molecule has 1 saturated carbocycles. The van der Waals surface area contributed by atoms with E-state index in [1.54, 1.807) is 0 Å². The quantitative estimate of drug-likeness (QED) is 0.701. The summed E-state index contributed by atoms with van der Waals surface area (Å²) >= 11 is 0. The van der Waals surface area contributed by atoms with Crippen LogP contribution in [0.3, 0.4) is 0 Å². The summed E-state index contributed by atoms with van der Waals surface area (Å²) in [7, 11) is -1.02. The highest BCUT2D eigenvalue weighted by molar-refractivity contribution is 6.48. The Kier molecular flexibility index (Phi) is 1.80. The third kappa shape index (κ3) is 1.16. The average molecular weight is 222 g/mol. The number of hydrogen-bond donors (Lipinski definition) is 2. The molecule has 6 heteroatoms. The van der Waals surface area contributed by atoms with Crippen molar-refractivity contribution in [1.82, 2.24) is 0 Å². The number of hydrogen-bond acceptors (Lipinski definition) is 3. The Morgan fingerprint density at radius 2 is 2.31 bits per heavy atom. The first-order valence-corrected chi connectivity index (χ1v) is 5.00. The summed E-state index contributed by atoms with van der Waals surface area (Å²) in [5, 5.41) is 18.4. The Balaban J connectivity index is 2.19. The van der Waals surface area contributed by atoms with Crippen LogP contribution in [0.15, 0.2) is 12.1 Å². The van der Waals surface area contributed by atoms with Crippen molar-refractivity contribution in [3.8, 4) is 5.75 Å². The molecule has 0 saturated heterocycles. The Labute approximate surface area is 90.8 Å². The summed E-state index contributed by atoms with van der Waals surface area (Å²) in [5.74, 6) is -2.09. The monoisotopic (exact) mass is 222 g/mol. The maximum atomic E-state index is 13.4. The standard InChI is InChI=1S/C10H8BFO4/c12-7-2-1-4-5-3-6(5)11(15)16-9(4)8(7)10(13)14/h1-2,5-6,15H,3H2,(H,13,14). The molecule has 2 N–H and O–H groups in total. The van der Waals surface area contributed by atoms with Crippen molar-refractivity contribution in [2.75, 3.05) is 0 Å². The van der Waals surface area contributed by atoms with Crippen molar-refractivity contribution < 1.29 is 24.0 Å². The molecule has 1 fully saturated rings. The van der Waals surface area contributed by atoms with E-state index in [0.29, 0.717) is 5.56 Å². The molecular weight excluding hydrogens is 214 g/mol. The Bertz CT molecular complexity index is 490. The number of aromatic carboxylic acids is 1. The molecule has 1 aromatic rings. The summed E-state index contributed by atoms with van der Waals surface area (Å²) in [6.07, 6.45) is 0.763. The molecule has 0 aromatic heterocycles. The van der Waals surface area contributed by atoms with Crippen LogP contribution in [0.2, 0.25) is 5.82 Å². The largest absolute Gasteiger partial charge is 0.535 e. The van der Waals surface area contributed by atoms with Crippen LogP contribution < -0.4 is 4.65 Å². The Hall–Kier alpha value is -1.56. The first kappa shape index (κ1) is 9.66. The van der Waals surface area contributed by atoms with Gasteiger partial charge in [-0.3, -0.25) is 0 Å². The summed E-state index contributed by atoms with van der Waals surface area (Å²) in [4.78, 5) is 10.9. The van der Waals surface area contributed by atoms with Gasteiger partial charge >= 0.3 is 13.1 Å². The zero-order valence-corrected chi connectivity index (χ0v) is 8.18. The minimum absolute atomic E-state index is 0.0150. The maximum Gasteiger partial charge on any atom is 0.526 e. The second-order valence-corrected chi connectivity index (χ2v) is 4.16. The lowest BCUT2D eigenvalue weighted by Crippen LogP contribution is -2.27. The fraction of sp³-hybridized carbons (Fsp3) is 0.300. The SMILES string of the molecule is O=C(O)c1c(F)ccc2c1OB(O)C1CC21. The molecule has 1 aliphatic carbocycles. The predicted molar refractivity (Wildman–Crippen MR) is 53.1 cm³/mol. The first-order chi connectivity index (χ1) is 7.59. The highest BCUT2D eigenvalue weighted by Crippen LogP contribution is 2.60. The normalized spacial score (nSPS) is 25.5. The number of halogens is 1. The van der Waals surface area contributed by atoms with Gasteiger partial charge in [-0.05, 0) is 24.0 Å². The van der Waals surface area contributed by atoms with Crippen LogP contribution in [-0.4, -0.2) is 23.2 Å². The molecular formula is C10H8BFO4. The Morgan fingerprint density at radius 1 is 1.56 bits per heavy atom. The van der Waals surface area contributed by atoms with Crippen molar-refractivity contribution in [2.24, 2.45) is 0 Å². The number of rotatable bonds is 1. The summed E-state index contributed by atoms with van der Waals surface area (Å²) in [6, 6.07) is 2.67. The zero-order chi connectivity index (χ0) is 11.4. The molecule has 1 aromatic carbocycles. The van der Waals surface area contributed by atoms with Gasteiger partial charge in [0.25, 0.3) is 0 Å². The molecule has 3 rings (SSSR count). The van der Waals surface area contributed by atoms with Gasteiger partial charge in [0, 0.05) is 5.82 Å². The molecule has 82 valence electrons. The molecule has 0 amide bonds. The highest BCUT2D eigenvalue weighted by Gasteiger charge is 2.54. The lowest BCUT2D eigenvalue weighted by Gasteiger charge is -2.21. The van der Waals surface area contributed by atoms with Gasteiger partial charge in [-0.2, -0.15) is 0 Å². The first-order valence-electron chi connectivity index (χ1n) is 5.00. The van der Waals surface area contributed by atoms with E-state index in [1.165, 1.54) is 6.07 Å². The minimum atomic E-state index is -1.37. The zero-order valence-electron chi connectivity index (χ0n) is 8.18. The molecule has 16 heavy (non-hydrogen) atoms. The maximum absolute atomic E-state index is 13.4. The van der Waals surface area contributed by atoms with Crippen molar-refractivity contribution >= 4 is 13.1 Å². The van der Waals surface area contributed by atoms with Gasteiger partial charge in [-0.25, -0.2) is 9.18 Å². The second-order valence-electron chi connectivity index (χ2n) is 4.16. The van der Waals surface area contributed by atoms with Gasteiger partial charge in [-0.15, -0.1) is 0 Å². The molecule has 2 aliphatic rings. The van der Waals surface area contributed by atoms with E-state index >= 15 is 0 Å². The fourth-order valence-corrected chi connectivity index (χ4v) is 2.29. The molecule has 2 unspecified atom stereocenters. The number of carbonyl (C=O) groups is 1. The topological polar surface area (TPSA) is 66.8 Å². The molecule has 2 atom stereocenters. The smallest absolute Gasteiger partial charge is 0.526 e. The van der Waals surface area contributed by atoms with Crippen LogP contribution in [0, 0.1) is 5.82 Å². The molecule has 4 nitrogen and oxygen atoms in total. The molecule has 0 spiro atoms. The number of carboxylic acid groups (broad SMARTS) is 1. The second kappa shape index (κ2) is 2.98. The third-order valence-corrected chi connectivity index (χ3v) is 3.20. The predicted octanol–water partition coefficient (Wildman–Crippen LogP) is 1.25. The minimum Gasteiger partial charge on any atom is -0.535 e. The van der Waals surface area contributed by atoms with E-state index in [4.69, 9.17) is 9.76 Å². The fourth-order valence-electron chi connectivity index (χ4n) is 2.29. The van der Waals surface area contributed by atoms with E-state index in [9.17, 15) is 14.2 Å². The van der Waals surface area contributed by atoms with E-state index < -0.39 is 24.5 Å². The van der Waals surface area contributed by atoms with Crippen molar-refractivity contribution in [1.29, 1.82) is 0 Å². The van der Waals surface area contributed by atoms with Crippen LogP contribution in [0.4, 0.5) is 4.39 Å². The van der Waals surface area contributed by atoms with Crippen LogP contribution in [0.25, 0.3) is 0 Å². The van der Waals surface area contributed by atoms with Crippen LogP contribution in [-0.2, 0) is 0 Å². The van der Waals surface area contributed by atoms with Gasteiger partial charge in [0.05, 0.1) is 0 Å². The van der Waals surface area contributed by atoms with E-state index in [2.05, 4.69) is 0 Å². The van der Waals surface area contributed by atoms with Gasteiger partial charge in [0.1, 0.15) is 17.1 Å². The van der Waals surface area contributed by atoms with Crippen LogP contribution in [0.1, 0.15) is 28.3 Å². The lowest BCUT2D eigenvalue weighted by molar-refractivity contribution is 0.0689. The van der Waals surface area contributed by atoms with Crippen LogP contribution >= 0.6 is 0 Å². The van der Waals surface area contributed by atoms with Gasteiger partial charge in [-0.1, -0.05) is 6.07 Å². The summed E-state index contributed by atoms with van der Waals surface area (Å²) in [6.45, 7) is 0. The average Bonchev–Trinajstić information content (AvgIpc) is 2.96. The number of benzene rings is 1. The Morgan fingerprint density at radius 3 is 3.00 bits per heavy atom. The van der Waals surface area contributed by atoms with Crippen molar-refractivity contribution in [3.05, 3.63) is 29.1 Å². The van der Waals surface area contributed by atoms with Crippen LogP contribution in [0.5, 0.6) is 5.75 Å². The van der Waals surface area contributed by atoms with E-state index in [0.717, 1.165) is 12.5 Å². The third-order valence-electron chi connectivity index (χ3n) is 3.20. The lowest BCUT2D eigenvalue weighted by atomic mass is 9.77. The van der Waals surface area contributed by atoms with Gasteiger partial charge in [0.2, 0.25) is 0 Å². The molecule has 1 aliphatic heterocycles. The molecule has 1 heterocycles. The molecule has 0 radical (unpaired) electrons. The van der Waals surface area contributed by atoms with Crippen molar-refractivity contribution in [3.63, 3.8) is 0 Å². The van der Waals surface area contributed by atoms with E-state index in [-0.39, 0.29) is 17.5 Å². The summed E-state index contributed by atoms with van der Waals surface area (Å²) < 4.78 is 18.4. The number of fused-ring (bicyclic) bond motifs is 3. The number of carboxylic acids is 1. The molecule has 0 bridgehead atoms. The van der Waals surface area contributed by atoms with Crippen molar-refractivity contribution in [2.45, 2.75) is 18.2 Å². The van der Waals surface area contributed by atoms with Gasteiger partial charge in [0.15, 0.2) is 0 Å². The summed E-state index contributed by atoms with van der Waals surface area (Å²) in [5.41, 5.74) is 0.205.